The molecule has 0 unspecified atom stereocenters. The van der Waals surface area contributed by atoms with Crippen LogP contribution in [0.2, 0.25) is 0 Å². The number of carbonyl (C=O) groups excluding carboxylic acids is 1. The quantitative estimate of drug-likeness (QED) is 0.764. The minimum atomic E-state index is -3.26. The van der Waals surface area contributed by atoms with Gasteiger partial charge in [-0.25, -0.2) is 13.1 Å². The summed E-state index contributed by atoms with van der Waals surface area (Å²) in [6.07, 6.45) is 6.34. The maximum absolute atomic E-state index is 11.5. The van der Waals surface area contributed by atoms with Gasteiger partial charge in [0.25, 0.3) is 0 Å². The highest BCUT2D eigenvalue weighted by Crippen LogP contribution is 2.09. The fourth-order valence-corrected chi connectivity index (χ4v) is 1.73. The van der Waals surface area contributed by atoms with Crippen molar-refractivity contribution in [3.63, 3.8) is 0 Å². The number of rotatable bonds is 5. The molecule has 0 bridgehead atoms. The van der Waals surface area contributed by atoms with Gasteiger partial charge in [-0.05, 0) is 18.2 Å². The van der Waals surface area contributed by atoms with Gasteiger partial charge in [0.1, 0.15) is 0 Å². The zero-order valence-electron chi connectivity index (χ0n) is 9.93. The van der Waals surface area contributed by atoms with Crippen molar-refractivity contribution >= 4 is 21.6 Å². The second kappa shape index (κ2) is 6.19. The average molecular weight is 266 g/mol. The van der Waals surface area contributed by atoms with Gasteiger partial charge in [-0.3, -0.25) is 4.79 Å². The summed E-state index contributed by atoms with van der Waals surface area (Å²) in [6, 6.07) is 6.87. The van der Waals surface area contributed by atoms with E-state index in [4.69, 9.17) is 6.42 Å². The Morgan fingerprint density at radius 3 is 2.78 bits per heavy atom. The van der Waals surface area contributed by atoms with Crippen LogP contribution in [0.25, 0.3) is 0 Å². The average Bonchev–Trinajstić information content (AvgIpc) is 2.27. The minimum absolute atomic E-state index is 0.0628. The summed E-state index contributed by atoms with van der Waals surface area (Å²) < 4.78 is 23.8. The second-order valence-corrected chi connectivity index (χ2v) is 5.52. The summed E-state index contributed by atoms with van der Waals surface area (Å²) in [6.45, 7) is 0.0689. The number of nitrogens with one attached hydrogen (secondary N) is 2. The van der Waals surface area contributed by atoms with Crippen molar-refractivity contribution in [2.75, 3.05) is 18.1 Å². The maximum atomic E-state index is 11.5. The Morgan fingerprint density at radius 2 is 2.17 bits per heavy atom. The molecule has 6 heteroatoms. The molecule has 2 N–H and O–H groups in total. The van der Waals surface area contributed by atoms with Crippen molar-refractivity contribution in [2.24, 2.45) is 0 Å². The first-order chi connectivity index (χ1) is 8.40. The number of hydrogen-bond acceptors (Lipinski definition) is 3. The van der Waals surface area contributed by atoms with Crippen LogP contribution >= 0.6 is 0 Å². The molecule has 0 atom stereocenters. The van der Waals surface area contributed by atoms with Gasteiger partial charge in [-0.2, -0.15) is 0 Å². The zero-order valence-corrected chi connectivity index (χ0v) is 10.8. The fraction of sp³-hybridized carbons (Fsp3) is 0.250. The smallest absolute Gasteiger partial charge is 0.225 e. The highest BCUT2D eigenvalue weighted by atomic mass is 32.2. The molecule has 0 aromatic heterocycles. The lowest BCUT2D eigenvalue weighted by molar-refractivity contribution is -0.116. The Morgan fingerprint density at radius 1 is 1.44 bits per heavy atom. The van der Waals surface area contributed by atoms with Crippen LogP contribution in [0.3, 0.4) is 0 Å². The van der Waals surface area contributed by atoms with E-state index in [1.54, 1.807) is 24.3 Å². The molecule has 1 aromatic carbocycles. The standard InChI is InChI=1S/C12H14N2O3S/c1-3-10-5-4-6-11(9-10)14-12(15)7-8-13-18(2,16)17/h1,4-6,9,13H,7-8H2,2H3,(H,14,15). The van der Waals surface area contributed by atoms with Gasteiger partial charge in [-0.15, -0.1) is 6.42 Å². The maximum Gasteiger partial charge on any atom is 0.225 e. The Labute approximate surface area is 107 Å². The van der Waals surface area contributed by atoms with Crippen molar-refractivity contribution < 1.29 is 13.2 Å². The van der Waals surface area contributed by atoms with E-state index in [0.29, 0.717) is 11.3 Å². The number of sulfonamides is 1. The van der Waals surface area contributed by atoms with Crippen molar-refractivity contribution in [3.8, 4) is 12.3 Å². The molecule has 0 heterocycles. The molecule has 0 saturated heterocycles. The number of amides is 1. The molecule has 1 aromatic rings. The number of terminal acetylenes is 1. The normalized spacial score (nSPS) is 10.7. The molecule has 0 aliphatic heterocycles. The van der Waals surface area contributed by atoms with E-state index in [1.807, 2.05) is 0 Å². The molecule has 0 fully saturated rings. The Bertz CT molecular complexity index is 573. The predicted octanol–water partition coefficient (Wildman–Crippen LogP) is 0.546. The first-order valence-corrected chi connectivity index (χ1v) is 7.11. The topological polar surface area (TPSA) is 75.3 Å². The summed E-state index contributed by atoms with van der Waals surface area (Å²) in [4.78, 5) is 11.5. The van der Waals surface area contributed by atoms with Gasteiger partial charge in [0, 0.05) is 24.2 Å². The van der Waals surface area contributed by atoms with Gasteiger partial charge in [0.2, 0.25) is 15.9 Å². The lowest BCUT2D eigenvalue weighted by Crippen LogP contribution is -2.26. The van der Waals surface area contributed by atoms with Crippen LogP contribution in [-0.2, 0) is 14.8 Å². The lowest BCUT2D eigenvalue weighted by Gasteiger charge is -2.05. The van der Waals surface area contributed by atoms with Crippen molar-refractivity contribution in [3.05, 3.63) is 29.8 Å². The lowest BCUT2D eigenvalue weighted by atomic mass is 10.2. The Hall–Kier alpha value is -1.84. The number of anilines is 1. The fourth-order valence-electron chi connectivity index (χ4n) is 1.26. The van der Waals surface area contributed by atoms with Gasteiger partial charge in [0.15, 0.2) is 0 Å². The van der Waals surface area contributed by atoms with Gasteiger partial charge in [0.05, 0.1) is 6.26 Å². The molecule has 0 aliphatic carbocycles. The van der Waals surface area contributed by atoms with Crippen LogP contribution in [0.5, 0.6) is 0 Å². The summed E-state index contributed by atoms with van der Waals surface area (Å²) in [5.74, 6) is 2.18. The molecule has 0 spiro atoms. The van der Waals surface area contributed by atoms with E-state index in [0.717, 1.165) is 6.26 Å². The minimum Gasteiger partial charge on any atom is -0.326 e. The molecule has 0 saturated carbocycles. The van der Waals surface area contributed by atoms with E-state index in [2.05, 4.69) is 16.0 Å². The van der Waals surface area contributed by atoms with E-state index < -0.39 is 10.0 Å². The van der Waals surface area contributed by atoms with E-state index in [9.17, 15) is 13.2 Å². The number of hydrogen-bond donors (Lipinski definition) is 2. The molecule has 5 nitrogen and oxygen atoms in total. The van der Waals surface area contributed by atoms with E-state index >= 15 is 0 Å². The van der Waals surface area contributed by atoms with Gasteiger partial charge in [-0.1, -0.05) is 12.0 Å². The number of carbonyl (C=O) groups is 1. The Kier molecular flexibility index (Phi) is 4.89. The van der Waals surface area contributed by atoms with Crippen LogP contribution in [-0.4, -0.2) is 27.1 Å². The van der Waals surface area contributed by atoms with Crippen LogP contribution in [0.1, 0.15) is 12.0 Å². The van der Waals surface area contributed by atoms with Crippen LogP contribution in [0.15, 0.2) is 24.3 Å². The molecule has 18 heavy (non-hydrogen) atoms. The third-order valence-electron chi connectivity index (χ3n) is 2.03. The summed E-state index contributed by atoms with van der Waals surface area (Å²) in [5, 5.41) is 2.63. The van der Waals surface area contributed by atoms with Crippen molar-refractivity contribution in [1.29, 1.82) is 0 Å². The molecule has 1 rings (SSSR count). The van der Waals surface area contributed by atoms with Crippen molar-refractivity contribution in [2.45, 2.75) is 6.42 Å². The third kappa shape index (κ3) is 5.48. The van der Waals surface area contributed by atoms with E-state index in [1.165, 1.54) is 0 Å². The summed E-state index contributed by atoms with van der Waals surface area (Å²) >= 11 is 0. The van der Waals surface area contributed by atoms with Crippen LogP contribution < -0.4 is 10.0 Å². The molecule has 0 radical (unpaired) electrons. The first-order valence-electron chi connectivity index (χ1n) is 5.22. The van der Waals surface area contributed by atoms with Crippen molar-refractivity contribution in [1.82, 2.24) is 4.72 Å². The van der Waals surface area contributed by atoms with E-state index in [-0.39, 0.29) is 18.9 Å². The first kappa shape index (κ1) is 14.2. The molecular formula is C12H14N2O3S. The summed E-state index contributed by atoms with van der Waals surface area (Å²) in [5.41, 5.74) is 1.26. The molecular weight excluding hydrogens is 252 g/mol. The highest BCUT2D eigenvalue weighted by molar-refractivity contribution is 7.88. The second-order valence-electron chi connectivity index (χ2n) is 3.69. The monoisotopic (exact) mass is 266 g/mol. The molecule has 96 valence electrons. The predicted molar refractivity (Wildman–Crippen MR) is 70.5 cm³/mol. The molecule has 1 amide bonds. The largest absolute Gasteiger partial charge is 0.326 e. The van der Waals surface area contributed by atoms with Gasteiger partial charge >= 0.3 is 0 Å². The van der Waals surface area contributed by atoms with Crippen LogP contribution in [0, 0.1) is 12.3 Å². The van der Waals surface area contributed by atoms with Crippen LogP contribution in [0.4, 0.5) is 5.69 Å². The molecule has 0 aliphatic rings. The highest BCUT2D eigenvalue weighted by Gasteiger charge is 2.05. The summed E-state index contributed by atoms with van der Waals surface area (Å²) in [7, 11) is -3.26. The zero-order chi connectivity index (χ0) is 13.6. The third-order valence-corrected chi connectivity index (χ3v) is 2.76. The Balaban J connectivity index is 2.47. The van der Waals surface area contributed by atoms with Gasteiger partial charge < -0.3 is 5.32 Å². The SMILES string of the molecule is C#Cc1cccc(NC(=O)CCNS(C)(=O)=O)c1. The number of benzene rings is 1.